The van der Waals surface area contributed by atoms with Crippen molar-refractivity contribution in [1.29, 1.82) is 0 Å². The van der Waals surface area contributed by atoms with Crippen molar-refractivity contribution in [3.8, 4) is 0 Å². The number of nitrogens with one attached hydrogen (secondary N) is 2. The van der Waals surface area contributed by atoms with E-state index in [0.717, 1.165) is 6.07 Å². The molecule has 0 amide bonds. The molecule has 0 aliphatic carbocycles. The van der Waals surface area contributed by atoms with Crippen molar-refractivity contribution < 1.29 is 17.9 Å². The molecule has 9 heteroatoms. The SMILES string of the molecule is O=S(=O)(NCc1cn[nH]c1)c1cc(Cl)cc(CO)c1F. The number of hydrogen-bond acceptors (Lipinski definition) is 4. The molecule has 0 saturated heterocycles. The van der Waals surface area contributed by atoms with Gasteiger partial charge >= 0.3 is 0 Å². The first-order valence-electron chi connectivity index (χ1n) is 5.50. The fourth-order valence-electron chi connectivity index (χ4n) is 1.56. The van der Waals surface area contributed by atoms with Crippen molar-refractivity contribution in [2.45, 2.75) is 18.0 Å². The van der Waals surface area contributed by atoms with E-state index in [4.69, 9.17) is 16.7 Å². The summed E-state index contributed by atoms with van der Waals surface area (Å²) in [6.45, 7) is -0.685. The van der Waals surface area contributed by atoms with E-state index in [1.165, 1.54) is 18.5 Å². The summed E-state index contributed by atoms with van der Waals surface area (Å²) in [4.78, 5) is -0.599. The number of halogens is 2. The van der Waals surface area contributed by atoms with Crippen molar-refractivity contribution in [1.82, 2.24) is 14.9 Å². The van der Waals surface area contributed by atoms with Gasteiger partial charge in [-0.1, -0.05) is 11.6 Å². The standard InChI is InChI=1S/C11H11ClFN3O3S/c12-9-1-8(6-17)11(13)10(2-9)20(18,19)16-5-7-3-14-15-4-7/h1-4,16-17H,5-6H2,(H,14,15). The van der Waals surface area contributed by atoms with Gasteiger partial charge in [0.25, 0.3) is 0 Å². The van der Waals surface area contributed by atoms with Crippen molar-refractivity contribution in [3.05, 3.63) is 46.5 Å². The molecule has 3 N–H and O–H groups in total. The van der Waals surface area contributed by atoms with E-state index in [1.807, 2.05) is 0 Å². The number of rotatable bonds is 5. The van der Waals surface area contributed by atoms with Gasteiger partial charge in [0.05, 0.1) is 12.8 Å². The second-order valence-electron chi connectivity index (χ2n) is 3.97. The van der Waals surface area contributed by atoms with E-state index in [9.17, 15) is 12.8 Å². The number of sulfonamides is 1. The molecular weight excluding hydrogens is 309 g/mol. The summed E-state index contributed by atoms with van der Waals surface area (Å²) in [5, 5.41) is 15.2. The second-order valence-corrected chi connectivity index (χ2v) is 6.14. The van der Waals surface area contributed by atoms with Gasteiger partial charge in [0, 0.05) is 28.9 Å². The lowest BCUT2D eigenvalue weighted by Gasteiger charge is -2.09. The quantitative estimate of drug-likeness (QED) is 0.771. The summed E-state index contributed by atoms with van der Waals surface area (Å²) in [7, 11) is -4.08. The van der Waals surface area contributed by atoms with Crippen LogP contribution in [0.5, 0.6) is 0 Å². The highest BCUT2D eigenvalue weighted by Gasteiger charge is 2.22. The first-order valence-corrected chi connectivity index (χ1v) is 7.36. The number of aromatic nitrogens is 2. The lowest BCUT2D eigenvalue weighted by Crippen LogP contribution is -2.24. The first kappa shape index (κ1) is 14.9. The fraction of sp³-hybridized carbons (Fsp3) is 0.182. The Labute approximate surface area is 119 Å². The van der Waals surface area contributed by atoms with E-state index in [-0.39, 0.29) is 17.1 Å². The third-order valence-electron chi connectivity index (χ3n) is 2.56. The molecule has 0 radical (unpaired) electrons. The Hall–Kier alpha value is -1.48. The van der Waals surface area contributed by atoms with Gasteiger partial charge in [-0.25, -0.2) is 17.5 Å². The molecule has 2 rings (SSSR count). The van der Waals surface area contributed by atoms with Crippen LogP contribution in [0.15, 0.2) is 29.4 Å². The van der Waals surface area contributed by atoms with Crippen LogP contribution in [0, 0.1) is 5.82 Å². The van der Waals surface area contributed by atoms with Gasteiger partial charge in [0.15, 0.2) is 0 Å². The summed E-state index contributed by atoms with van der Waals surface area (Å²) in [6.07, 6.45) is 2.95. The van der Waals surface area contributed by atoms with E-state index in [0.29, 0.717) is 5.56 Å². The van der Waals surface area contributed by atoms with E-state index in [1.54, 1.807) is 0 Å². The molecule has 0 atom stereocenters. The zero-order valence-corrected chi connectivity index (χ0v) is 11.7. The van der Waals surface area contributed by atoms with Gasteiger partial charge in [-0.3, -0.25) is 5.10 Å². The van der Waals surface area contributed by atoms with Gasteiger partial charge < -0.3 is 5.11 Å². The minimum Gasteiger partial charge on any atom is -0.392 e. The third-order valence-corrected chi connectivity index (χ3v) is 4.18. The lowest BCUT2D eigenvalue weighted by atomic mass is 10.2. The molecule has 20 heavy (non-hydrogen) atoms. The van der Waals surface area contributed by atoms with Crippen LogP contribution in [0.3, 0.4) is 0 Å². The Morgan fingerprint density at radius 1 is 1.45 bits per heavy atom. The van der Waals surface area contributed by atoms with E-state index < -0.39 is 27.3 Å². The van der Waals surface area contributed by atoms with Gasteiger partial charge in [0.2, 0.25) is 10.0 Å². The van der Waals surface area contributed by atoms with E-state index >= 15 is 0 Å². The van der Waals surface area contributed by atoms with E-state index in [2.05, 4.69) is 14.9 Å². The van der Waals surface area contributed by atoms with Crippen molar-refractivity contribution in [3.63, 3.8) is 0 Å². The maximum Gasteiger partial charge on any atom is 0.243 e. The van der Waals surface area contributed by atoms with Crippen LogP contribution in [0.1, 0.15) is 11.1 Å². The summed E-state index contributed by atoms with van der Waals surface area (Å²) < 4.78 is 40.3. The zero-order chi connectivity index (χ0) is 14.8. The van der Waals surface area contributed by atoms with Crippen molar-refractivity contribution in [2.24, 2.45) is 0 Å². The number of benzene rings is 1. The fourth-order valence-corrected chi connectivity index (χ4v) is 3.03. The maximum absolute atomic E-state index is 14.0. The summed E-state index contributed by atoms with van der Waals surface area (Å²) in [5.74, 6) is -1.02. The normalized spacial score (nSPS) is 11.8. The monoisotopic (exact) mass is 319 g/mol. The van der Waals surface area contributed by atoms with Gasteiger partial charge in [-0.05, 0) is 12.1 Å². The van der Waals surface area contributed by atoms with Crippen LogP contribution in [-0.2, 0) is 23.2 Å². The molecule has 0 aliphatic rings. The molecule has 0 bridgehead atoms. The molecule has 0 fully saturated rings. The van der Waals surface area contributed by atoms with Crippen LogP contribution >= 0.6 is 11.6 Å². The lowest BCUT2D eigenvalue weighted by molar-refractivity contribution is 0.274. The highest BCUT2D eigenvalue weighted by Crippen LogP contribution is 2.23. The molecule has 1 aromatic carbocycles. The molecule has 108 valence electrons. The minimum atomic E-state index is -4.08. The predicted molar refractivity (Wildman–Crippen MR) is 69.9 cm³/mol. The van der Waals surface area contributed by atoms with Gasteiger partial charge in [0.1, 0.15) is 10.7 Å². The predicted octanol–water partition coefficient (Wildman–Crippen LogP) is 1.17. The summed E-state index contributed by atoms with van der Waals surface area (Å²) in [5.41, 5.74) is 0.416. The van der Waals surface area contributed by atoms with Crippen LogP contribution < -0.4 is 4.72 Å². The Bertz CT molecular complexity index is 704. The van der Waals surface area contributed by atoms with Crippen LogP contribution in [-0.4, -0.2) is 23.7 Å². The average Bonchev–Trinajstić information content (AvgIpc) is 2.92. The average molecular weight is 320 g/mol. The topological polar surface area (TPSA) is 95.1 Å². The molecule has 2 aromatic rings. The molecule has 1 aromatic heterocycles. The molecule has 0 aliphatic heterocycles. The molecule has 0 unspecified atom stereocenters. The number of H-pyrrole nitrogens is 1. The highest BCUT2D eigenvalue weighted by atomic mass is 35.5. The number of aromatic amines is 1. The summed E-state index contributed by atoms with van der Waals surface area (Å²) in [6, 6.07) is 2.17. The van der Waals surface area contributed by atoms with Crippen LogP contribution in [0.25, 0.3) is 0 Å². The Morgan fingerprint density at radius 2 is 2.20 bits per heavy atom. The van der Waals surface area contributed by atoms with Crippen LogP contribution in [0.2, 0.25) is 5.02 Å². The molecule has 0 spiro atoms. The Morgan fingerprint density at radius 3 is 2.80 bits per heavy atom. The van der Waals surface area contributed by atoms with Gasteiger partial charge in [-0.15, -0.1) is 0 Å². The van der Waals surface area contributed by atoms with Crippen molar-refractivity contribution >= 4 is 21.6 Å². The molecule has 1 heterocycles. The van der Waals surface area contributed by atoms with Crippen LogP contribution in [0.4, 0.5) is 4.39 Å². The third kappa shape index (κ3) is 3.15. The smallest absolute Gasteiger partial charge is 0.243 e. The Balaban J connectivity index is 2.31. The zero-order valence-electron chi connectivity index (χ0n) is 10.1. The minimum absolute atomic E-state index is 0.0270. The van der Waals surface area contributed by atoms with Crippen molar-refractivity contribution in [2.75, 3.05) is 0 Å². The largest absolute Gasteiger partial charge is 0.392 e. The molecule has 6 nitrogen and oxygen atoms in total. The molecule has 0 saturated carbocycles. The Kier molecular flexibility index (Phi) is 4.39. The second kappa shape index (κ2) is 5.88. The first-order chi connectivity index (χ1) is 9.44. The maximum atomic E-state index is 14.0. The highest BCUT2D eigenvalue weighted by molar-refractivity contribution is 7.89. The number of nitrogens with zero attached hydrogens (tertiary/aromatic N) is 1. The number of aliphatic hydroxyl groups is 1. The van der Waals surface area contributed by atoms with Gasteiger partial charge in [-0.2, -0.15) is 5.10 Å². The summed E-state index contributed by atoms with van der Waals surface area (Å²) >= 11 is 5.72. The molecular formula is C11H11ClFN3O3S. The number of aliphatic hydroxyl groups excluding tert-OH is 1. The number of hydrogen-bond donors (Lipinski definition) is 3.